The van der Waals surface area contributed by atoms with Gasteiger partial charge >= 0.3 is 0 Å². The number of ether oxygens (including phenoxy) is 1. The summed E-state index contributed by atoms with van der Waals surface area (Å²) in [5.41, 5.74) is 7.53. The first-order valence-electron chi connectivity index (χ1n) is 6.68. The smallest absolute Gasteiger partial charge is 0.265 e. The van der Waals surface area contributed by atoms with Gasteiger partial charge in [0.1, 0.15) is 11.6 Å². The fraction of sp³-hybridized carbons (Fsp3) is 0.188. The fourth-order valence-electron chi connectivity index (χ4n) is 2.39. The topological polar surface area (TPSA) is 55.6 Å². The number of para-hydroxylation sites is 2. The van der Waals surface area contributed by atoms with Crippen molar-refractivity contribution in [2.45, 2.75) is 13.1 Å². The molecule has 0 aliphatic carbocycles. The van der Waals surface area contributed by atoms with Crippen LogP contribution in [0, 0.1) is 5.82 Å². The van der Waals surface area contributed by atoms with Crippen molar-refractivity contribution in [1.82, 2.24) is 0 Å². The van der Waals surface area contributed by atoms with Crippen LogP contribution in [-0.2, 0) is 17.9 Å². The van der Waals surface area contributed by atoms with Crippen molar-refractivity contribution in [2.75, 3.05) is 11.5 Å². The number of rotatable bonds is 3. The van der Waals surface area contributed by atoms with Crippen LogP contribution in [0.4, 0.5) is 10.1 Å². The summed E-state index contributed by atoms with van der Waals surface area (Å²) in [6.07, 6.45) is 0. The van der Waals surface area contributed by atoms with Crippen molar-refractivity contribution < 1.29 is 13.9 Å². The van der Waals surface area contributed by atoms with Crippen molar-refractivity contribution in [3.8, 4) is 5.75 Å². The molecule has 0 radical (unpaired) electrons. The van der Waals surface area contributed by atoms with E-state index in [1.165, 1.54) is 6.07 Å². The highest BCUT2D eigenvalue weighted by Gasteiger charge is 2.25. The van der Waals surface area contributed by atoms with Gasteiger partial charge < -0.3 is 15.4 Å². The molecule has 5 heteroatoms. The molecular weight excluding hydrogens is 271 g/mol. The third kappa shape index (κ3) is 2.60. The highest BCUT2D eigenvalue weighted by atomic mass is 19.1. The molecule has 0 aromatic heterocycles. The maximum absolute atomic E-state index is 13.5. The number of carbonyl (C=O) groups is 1. The second-order valence-corrected chi connectivity index (χ2v) is 4.87. The predicted octanol–water partition coefficient (Wildman–Crippen LogP) is 2.21. The molecular formula is C16H15FN2O2. The Balaban J connectivity index is 1.92. The monoisotopic (exact) mass is 286 g/mol. The van der Waals surface area contributed by atoms with E-state index in [1.54, 1.807) is 17.0 Å². The molecule has 1 aliphatic heterocycles. The molecule has 1 aliphatic rings. The van der Waals surface area contributed by atoms with E-state index in [9.17, 15) is 9.18 Å². The number of fused-ring (bicyclic) bond motifs is 1. The van der Waals surface area contributed by atoms with Crippen molar-refractivity contribution in [2.24, 2.45) is 5.73 Å². The van der Waals surface area contributed by atoms with Crippen LogP contribution in [0.2, 0.25) is 0 Å². The molecule has 1 heterocycles. The molecule has 1 amide bonds. The molecule has 0 atom stereocenters. The number of nitrogens with zero attached hydrogens (tertiary/aromatic N) is 1. The Labute approximate surface area is 121 Å². The minimum absolute atomic E-state index is 0.0158. The lowest BCUT2D eigenvalue weighted by molar-refractivity contribution is -0.121. The summed E-state index contributed by atoms with van der Waals surface area (Å²) in [6, 6.07) is 12.1. The minimum atomic E-state index is -0.324. The van der Waals surface area contributed by atoms with Gasteiger partial charge in [-0.3, -0.25) is 4.79 Å². The molecule has 4 nitrogen and oxygen atoms in total. The summed E-state index contributed by atoms with van der Waals surface area (Å²) >= 11 is 0. The number of carbonyl (C=O) groups excluding carboxylic acids is 1. The average molecular weight is 286 g/mol. The Morgan fingerprint density at radius 3 is 2.86 bits per heavy atom. The fourth-order valence-corrected chi connectivity index (χ4v) is 2.39. The predicted molar refractivity (Wildman–Crippen MR) is 77.4 cm³/mol. The normalized spacial score (nSPS) is 13.8. The van der Waals surface area contributed by atoms with Crippen LogP contribution in [0.5, 0.6) is 5.75 Å². The van der Waals surface area contributed by atoms with E-state index in [-0.39, 0.29) is 24.9 Å². The average Bonchev–Trinajstić information content (AvgIpc) is 2.52. The lowest BCUT2D eigenvalue weighted by Crippen LogP contribution is -2.38. The number of amides is 1. The molecule has 2 N–H and O–H groups in total. The van der Waals surface area contributed by atoms with E-state index >= 15 is 0 Å². The first kappa shape index (κ1) is 13.6. The lowest BCUT2D eigenvalue weighted by atomic mass is 10.1. The summed E-state index contributed by atoms with van der Waals surface area (Å²) in [6.45, 7) is 0.516. The van der Waals surface area contributed by atoms with Crippen molar-refractivity contribution in [1.29, 1.82) is 0 Å². The number of hydrogen-bond donors (Lipinski definition) is 1. The summed E-state index contributed by atoms with van der Waals surface area (Å²) < 4.78 is 18.9. The van der Waals surface area contributed by atoms with Crippen molar-refractivity contribution >= 4 is 11.6 Å². The zero-order valence-corrected chi connectivity index (χ0v) is 11.4. The zero-order valence-electron chi connectivity index (χ0n) is 11.4. The zero-order chi connectivity index (χ0) is 14.8. The number of hydrogen-bond acceptors (Lipinski definition) is 3. The van der Waals surface area contributed by atoms with E-state index in [1.807, 2.05) is 24.3 Å². The number of benzene rings is 2. The molecule has 0 fully saturated rings. The maximum atomic E-state index is 13.5. The molecule has 0 saturated carbocycles. The van der Waals surface area contributed by atoms with E-state index < -0.39 is 0 Å². The van der Waals surface area contributed by atoms with Crippen LogP contribution in [0.1, 0.15) is 11.1 Å². The molecule has 0 bridgehead atoms. The number of nitrogens with two attached hydrogens (primary N) is 1. The van der Waals surface area contributed by atoms with Crippen LogP contribution in [0.3, 0.4) is 0 Å². The van der Waals surface area contributed by atoms with Gasteiger partial charge in [0.15, 0.2) is 6.61 Å². The number of halogens is 1. The van der Waals surface area contributed by atoms with E-state index in [0.29, 0.717) is 17.9 Å². The molecule has 3 rings (SSSR count). The lowest BCUT2D eigenvalue weighted by Gasteiger charge is -2.29. The van der Waals surface area contributed by atoms with E-state index in [2.05, 4.69) is 0 Å². The van der Waals surface area contributed by atoms with Crippen LogP contribution >= 0.6 is 0 Å². The maximum Gasteiger partial charge on any atom is 0.265 e. The van der Waals surface area contributed by atoms with Crippen LogP contribution in [0.25, 0.3) is 0 Å². The van der Waals surface area contributed by atoms with Gasteiger partial charge in [0.05, 0.1) is 12.2 Å². The van der Waals surface area contributed by atoms with Gasteiger partial charge in [-0.2, -0.15) is 0 Å². The first-order chi connectivity index (χ1) is 10.2. The van der Waals surface area contributed by atoms with Gasteiger partial charge in [-0.15, -0.1) is 0 Å². The highest BCUT2D eigenvalue weighted by molar-refractivity contribution is 5.97. The van der Waals surface area contributed by atoms with Gasteiger partial charge in [-0.05, 0) is 29.8 Å². The van der Waals surface area contributed by atoms with Crippen molar-refractivity contribution in [3.05, 3.63) is 59.4 Å². The second kappa shape index (κ2) is 5.54. The standard InChI is InChI=1S/C16H15FN2O2/c17-13-6-5-11(7-12(13)8-18)9-19-14-3-1-2-4-15(14)21-10-16(19)20/h1-7H,8-10,18H2. The van der Waals surface area contributed by atoms with Gasteiger partial charge in [0.2, 0.25) is 0 Å². The Hall–Kier alpha value is -2.40. The highest BCUT2D eigenvalue weighted by Crippen LogP contribution is 2.32. The molecule has 108 valence electrons. The molecule has 0 spiro atoms. The van der Waals surface area contributed by atoms with Crippen LogP contribution < -0.4 is 15.4 Å². The molecule has 2 aromatic rings. The quantitative estimate of drug-likeness (QED) is 0.941. The van der Waals surface area contributed by atoms with Gasteiger partial charge in [-0.25, -0.2) is 4.39 Å². The molecule has 2 aromatic carbocycles. The number of anilines is 1. The first-order valence-corrected chi connectivity index (χ1v) is 6.68. The summed E-state index contributed by atoms with van der Waals surface area (Å²) in [4.78, 5) is 13.7. The SMILES string of the molecule is NCc1cc(CN2C(=O)COc3ccccc32)ccc1F. The summed E-state index contributed by atoms with van der Waals surface area (Å²) in [5, 5.41) is 0. The van der Waals surface area contributed by atoms with Crippen LogP contribution in [0.15, 0.2) is 42.5 Å². The largest absolute Gasteiger partial charge is 0.482 e. The Bertz CT molecular complexity index is 688. The Morgan fingerprint density at radius 2 is 2.05 bits per heavy atom. The van der Waals surface area contributed by atoms with Gasteiger partial charge in [0.25, 0.3) is 5.91 Å². The third-order valence-corrected chi connectivity index (χ3v) is 3.48. The summed E-state index contributed by atoms with van der Waals surface area (Å²) in [7, 11) is 0. The molecule has 0 unspecified atom stereocenters. The Morgan fingerprint density at radius 1 is 1.24 bits per heavy atom. The van der Waals surface area contributed by atoms with Crippen molar-refractivity contribution in [3.63, 3.8) is 0 Å². The van der Waals surface area contributed by atoms with E-state index in [0.717, 1.165) is 11.3 Å². The second-order valence-electron chi connectivity index (χ2n) is 4.87. The Kier molecular flexibility index (Phi) is 3.58. The molecule has 0 saturated heterocycles. The third-order valence-electron chi connectivity index (χ3n) is 3.48. The molecule has 21 heavy (non-hydrogen) atoms. The van der Waals surface area contributed by atoms with Crippen LogP contribution in [-0.4, -0.2) is 12.5 Å². The van der Waals surface area contributed by atoms with E-state index in [4.69, 9.17) is 10.5 Å². The minimum Gasteiger partial charge on any atom is -0.482 e. The summed E-state index contributed by atoms with van der Waals surface area (Å²) in [5.74, 6) is 0.237. The van der Waals surface area contributed by atoms with Gasteiger partial charge in [-0.1, -0.05) is 18.2 Å². The van der Waals surface area contributed by atoms with Gasteiger partial charge in [0, 0.05) is 12.1 Å².